The van der Waals surface area contributed by atoms with Crippen LogP contribution in [0.5, 0.6) is 17.2 Å². The molecule has 0 aliphatic heterocycles. The summed E-state index contributed by atoms with van der Waals surface area (Å²) in [5.74, 6) is 12.7. The van der Waals surface area contributed by atoms with Gasteiger partial charge in [-0.1, -0.05) is 47.9 Å². The van der Waals surface area contributed by atoms with Crippen LogP contribution < -0.4 is 14.2 Å². The highest BCUT2D eigenvalue weighted by Crippen LogP contribution is 2.42. The second-order valence-electron chi connectivity index (χ2n) is 13.6. The molecule has 0 amide bonds. The van der Waals surface area contributed by atoms with Crippen molar-refractivity contribution in [2.45, 2.75) is 44.6 Å². The Bertz CT molecular complexity index is 2470. The third-order valence-corrected chi connectivity index (χ3v) is 10.2. The quantitative estimate of drug-likeness (QED) is 0.106. The first-order chi connectivity index (χ1) is 26.6. The number of carbonyl (C=O) groups is 3. The summed E-state index contributed by atoms with van der Waals surface area (Å²) in [4.78, 5) is 38.7. The molecule has 1 unspecified atom stereocenters. The Labute approximate surface area is 320 Å². The van der Waals surface area contributed by atoms with Crippen molar-refractivity contribution in [2.75, 3.05) is 21.3 Å². The molecule has 5 aromatic rings. The van der Waals surface area contributed by atoms with E-state index in [0.717, 1.165) is 34.2 Å². The van der Waals surface area contributed by atoms with E-state index in [9.17, 15) is 19.5 Å². The van der Waals surface area contributed by atoms with Crippen LogP contribution in [0.1, 0.15) is 94.0 Å². The molecule has 0 bridgehead atoms. The number of ketones is 1. The van der Waals surface area contributed by atoms with Gasteiger partial charge in [0.2, 0.25) is 0 Å². The SMILES string of the molecule is COC(=O)c1ccc(C#Cc2cccc3c2C(=O)CC3)c(C)c1OC(=O)c1ccc(C#Cc2cccc3c2C(O)(Cc2cc(OC)cc(OC)c2)CC3)cc1. The van der Waals surface area contributed by atoms with Crippen molar-refractivity contribution >= 4 is 17.7 Å². The van der Waals surface area contributed by atoms with Gasteiger partial charge < -0.3 is 24.1 Å². The number of hydrogen-bond donors (Lipinski definition) is 1. The van der Waals surface area contributed by atoms with Crippen LogP contribution in [0.3, 0.4) is 0 Å². The molecule has 0 fully saturated rings. The number of fused-ring (bicyclic) bond motifs is 2. The van der Waals surface area contributed by atoms with Crippen LogP contribution in [0.25, 0.3) is 0 Å². The fourth-order valence-corrected chi connectivity index (χ4v) is 7.37. The first-order valence-corrected chi connectivity index (χ1v) is 17.9. The van der Waals surface area contributed by atoms with E-state index in [-0.39, 0.29) is 22.7 Å². The maximum Gasteiger partial charge on any atom is 0.343 e. The molecule has 0 radical (unpaired) electrons. The molecular weight excluding hydrogens is 693 g/mol. The van der Waals surface area contributed by atoms with Crippen molar-refractivity contribution in [1.29, 1.82) is 0 Å². The van der Waals surface area contributed by atoms with Crippen molar-refractivity contribution in [2.24, 2.45) is 0 Å². The molecule has 0 aromatic heterocycles. The highest BCUT2D eigenvalue weighted by atomic mass is 16.5. The number of Topliss-reactive ketones (excluding diaryl/α,β-unsaturated/α-hetero) is 1. The Morgan fingerprint density at radius 2 is 1.40 bits per heavy atom. The zero-order chi connectivity index (χ0) is 38.7. The molecule has 2 aliphatic carbocycles. The molecule has 1 N–H and O–H groups in total. The van der Waals surface area contributed by atoms with Gasteiger partial charge in [-0.15, -0.1) is 0 Å². The molecule has 55 heavy (non-hydrogen) atoms. The Morgan fingerprint density at radius 3 is 2.11 bits per heavy atom. The first-order valence-electron chi connectivity index (χ1n) is 17.9. The highest BCUT2D eigenvalue weighted by molar-refractivity contribution is 6.02. The normalized spacial score (nSPS) is 15.1. The molecule has 8 nitrogen and oxygen atoms in total. The minimum absolute atomic E-state index is 0.0414. The van der Waals surface area contributed by atoms with Crippen LogP contribution in [0.2, 0.25) is 0 Å². The van der Waals surface area contributed by atoms with E-state index in [4.69, 9.17) is 18.9 Å². The maximum atomic E-state index is 13.5. The van der Waals surface area contributed by atoms with Crippen LogP contribution in [-0.2, 0) is 29.6 Å². The number of carbonyl (C=O) groups excluding carboxylic acids is 3. The number of methoxy groups -OCH3 is 3. The third kappa shape index (κ3) is 7.46. The van der Waals surface area contributed by atoms with Gasteiger partial charge in [0, 0.05) is 57.9 Å². The number of hydrogen-bond acceptors (Lipinski definition) is 8. The van der Waals surface area contributed by atoms with Gasteiger partial charge in [0.1, 0.15) is 22.8 Å². The number of esters is 2. The molecule has 0 spiro atoms. The Hall–Kier alpha value is -6.61. The van der Waals surface area contributed by atoms with Crippen LogP contribution in [0.15, 0.2) is 91.0 Å². The van der Waals surface area contributed by atoms with Crippen molar-refractivity contribution in [3.05, 3.63) is 158 Å². The number of ether oxygens (including phenoxy) is 4. The largest absolute Gasteiger partial charge is 0.497 e. The fraction of sp³-hybridized carbons (Fsp3) is 0.213. The van der Waals surface area contributed by atoms with Gasteiger partial charge in [-0.25, -0.2) is 9.59 Å². The Balaban J connectivity index is 1.12. The minimum Gasteiger partial charge on any atom is -0.497 e. The average molecular weight is 731 g/mol. The summed E-state index contributed by atoms with van der Waals surface area (Å²) in [7, 11) is 4.45. The lowest BCUT2D eigenvalue weighted by Crippen LogP contribution is -2.26. The summed E-state index contributed by atoms with van der Waals surface area (Å²) < 4.78 is 21.7. The number of aryl methyl sites for hydroxylation is 2. The van der Waals surface area contributed by atoms with Crippen molar-refractivity contribution in [3.8, 4) is 40.9 Å². The molecule has 2 aliphatic rings. The van der Waals surface area contributed by atoms with E-state index in [1.165, 1.54) is 13.2 Å². The molecule has 5 aromatic carbocycles. The van der Waals surface area contributed by atoms with E-state index in [1.807, 2.05) is 48.5 Å². The molecule has 8 heteroatoms. The van der Waals surface area contributed by atoms with Gasteiger partial charge in [0.05, 0.1) is 32.5 Å². The van der Waals surface area contributed by atoms with Crippen LogP contribution in [0, 0.1) is 30.6 Å². The smallest absolute Gasteiger partial charge is 0.343 e. The maximum absolute atomic E-state index is 13.5. The Morgan fingerprint density at radius 1 is 0.727 bits per heavy atom. The lowest BCUT2D eigenvalue weighted by atomic mass is 9.86. The molecule has 1 atom stereocenters. The van der Waals surface area contributed by atoms with Crippen molar-refractivity contribution in [3.63, 3.8) is 0 Å². The second-order valence-corrected chi connectivity index (χ2v) is 13.6. The molecule has 0 heterocycles. The molecule has 274 valence electrons. The van der Waals surface area contributed by atoms with Gasteiger partial charge in [-0.05, 0) is 104 Å². The van der Waals surface area contributed by atoms with Crippen LogP contribution >= 0.6 is 0 Å². The molecule has 7 rings (SSSR count). The molecular formula is C47H38O8. The van der Waals surface area contributed by atoms with Crippen molar-refractivity contribution in [1.82, 2.24) is 0 Å². The number of rotatable bonds is 7. The van der Waals surface area contributed by atoms with E-state index in [1.54, 1.807) is 57.5 Å². The monoisotopic (exact) mass is 730 g/mol. The van der Waals surface area contributed by atoms with Crippen LogP contribution in [0.4, 0.5) is 0 Å². The van der Waals surface area contributed by atoms with Gasteiger partial charge in [0.25, 0.3) is 0 Å². The summed E-state index contributed by atoms with van der Waals surface area (Å²) in [5.41, 5.74) is 6.63. The summed E-state index contributed by atoms with van der Waals surface area (Å²) in [6, 6.07) is 27.0. The molecule has 0 saturated heterocycles. The minimum atomic E-state index is -1.13. The zero-order valence-corrected chi connectivity index (χ0v) is 31.0. The van der Waals surface area contributed by atoms with Gasteiger partial charge in [0.15, 0.2) is 5.78 Å². The summed E-state index contributed by atoms with van der Waals surface area (Å²) in [6.07, 6.45) is 2.81. The lowest BCUT2D eigenvalue weighted by Gasteiger charge is -2.26. The zero-order valence-electron chi connectivity index (χ0n) is 31.0. The van der Waals surface area contributed by atoms with Crippen LogP contribution in [-0.4, -0.2) is 44.2 Å². The summed E-state index contributed by atoms with van der Waals surface area (Å²) >= 11 is 0. The number of aliphatic hydroxyl groups is 1. The second kappa shape index (κ2) is 15.4. The van der Waals surface area contributed by atoms with Gasteiger partial charge in [-0.2, -0.15) is 0 Å². The summed E-state index contributed by atoms with van der Waals surface area (Å²) in [5, 5.41) is 12.0. The topological polar surface area (TPSA) is 108 Å². The van der Waals surface area contributed by atoms with Gasteiger partial charge in [-0.3, -0.25) is 4.79 Å². The third-order valence-electron chi connectivity index (χ3n) is 10.2. The lowest BCUT2D eigenvalue weighted by molar-refractivity contribution is 0.0386. The van der Waals surface area contributed by atoms with E-state index in [2.05, 4.69) is 23.7 Å². The highest BCUT2D eigenvalue weighted by Gasteiger charge is 2.38. The number of benzene rings is 5. The first kappa shape index (κ1) is 36.7. The fourth-order valence-electron chi connectivity index (χ4n) is 7.37. The average Bonchev–Trinajstić information content (AvgIpc) is 3.76. The Kier molecular flexibility index (Phi) is 10.3. The standard InChI is InChI=1S/C47H38O8/c1-29-32(17-18-33-7-5-8-34-20-22-41(48)42(33)34)19-21-40(46(50)54-4)44(29)55-45(49)37-15-12-30(13-16-37)11-14-35-9-6-10-36-23-24-47(51,43(35)36)28-31-25-38(52-2)27-39(26-31)53-3/h5-10,12-13,15-16,19,21,25-27,51H,20,22-24,28H2,1-4H3. The molecule has 0 saturated carbocycles. The van der Waals surface area contributed by atoms with Crippen molar-refractivity contribution < 1.29 is 38.4 Å². The van der Waals surface area contributed by atoms with E-state index >= 15 is 0 Å². The summed E-state index contributed by atoms with van der Waals surface area (Å²) in [6.45, 7) is 1.72. The van der Waals surface area contributed by atoms with E-state index < -0.39 is 17.5 Å². The van der Waals surface area contributed by atoms with E-state index in [0.29, 0.717) is 65.0 Å². The predicted octanol–water partition coefficient (Wildman–Crippen LogP) is 7.32. The predicted molar refractivity (Wildman–Crippen MR) is 207 cm³/mol. The van der Waals surface area contributed by atoms with Gasteiger partial charge >= 0.3 is 11.9 Å².